The molecule has 0 fully saturated rings. The summed E-state index contributed by atoms with van der Waals surface area (Å²) in [6.45, 7) is 0. The van der Waals surface area contributed by atoms with Gasteiger partial charge in [0, 0.05) is 27.6 Å². The van der Waals surface area contributed by atoms with Crippen LogP contribution in [0, 0.1) is 0 Å². The second kappa shape index (κ2) is 10.5. The third-order valence-corrected chi connectivity index (χ3v) is 11.6. The molecule has 2 aliphatic rings. The molecule has 0 saturated heterocycles. The van der Waals surface area contributed by atoms with Crippen LogP contribution in [0.1, 0.15) is 22.3 Å². The van der Waals surface area contributed by atoms with Gasteiger partial charge in [-0.15, -0.1) is 0 Å². The van der Waals surface area contributed by atoms with E-state index in [1.54, 1.807) is 0 Å². The Labute approximate surface area is 306 Å². The molecule has 2 heterocycles. The molecule has 0 atom stereocenters. The lowest BCUT2D eigenvalue weighted by molar-refractivity contribution is 0.669. The van der Waals surface area contributed by atoms with E-state index in [9.17, 15) is 0 Å². The Kier molecular flexibility index (Phi) is 5.70. The lowest BCUT2D eigenvalue weighted by Gasteiger charge is -2.32. The summed E-state index contributed by atoms with van der Waals surface area (Å²) in [5, 5.41) is 2.30. The molecule has 3 heteroatoms. The summed E-state index contributed by atoms with van der Waals surface area (Å²) < 4.78 is 9.07. The van der Waals surface area contributed by atoms with Gasteiger partial charge in [-0.2, -0.15) is 0 Å². The zero-order valence-electron chi connectivity index (χ0n) is 28.6. The van der Waals surface area contributed by atoms with Crippen molar-refractivity contribution in [3.63, 3.8) is 0 Å². The van der Waals surface area contributed by atoms with Gasteiger partial charge in [0.05, 0.1) is 16.4 Å². The zero-order chi connectivity index (χ0) is 34.7. The molecule has 53 heavy (non-hydrogen) atoms. The van der Waals surface area contributed by atoms with Gasteiger partial charge in [-0.25, -0.2) is 4.98 Å². The summed E-state index contributed by atoms with van der Waals surface area (Å²) in [7, 11) is 0. The van der Waals surface area contributed by atoms with Crippen molar-refractivity contribution >= 4 is 33.0 Å². The van der Waals surface area contributed by atoms with Crippen LogP contribution in [-0.2, 0) is 5.41 Å². The molecule has 0 saturated carbocycles. The van der Waals surface area contributed by atoms with E-state index in [1.807, 2.05) is 0 Å². The highest BCUT2D eigenvalue weighted by atomic mass is 16.3. The number of rotatable bonds is 3. The third kappa shape index (κ3) is 3.70. The molecule has 1 spiro atoms. The molecule has 10 aromatic rings. The second-order valence-electron chi connectivity index (χ2n) is 14.2. The van der Waals surface area contributed by atoms with Crippen LogP contribution >= 0.6 is 0 Å². The highest BCUT2D eigenvalue weighted by Gasteiger charge is 2.53. The molecule has 0 radical (unpaired) electrons. The van der Waals surface area contributed by atoms with Crippen LogP contribution in [0.4, 0.5) is 0 Å². The summed E-state index contributed by atoms with van der Waals surface area (Å²) in [4.78, 5) is 5.15. The fraction of sp³-hybridized carbons (Fsp3) is 0.0200. The van der Waals surface area contributed by atoms with E-state index < -0.39 is 5.41 Å². The van der Waals surface area contributed by atoms with E-state index in [0.29, 0.717) is 0 Å². The van der Waals surface area contributed by atoms with Crippen molar-refractivity contribution in [2.75, 3.05) is 0 Å². The van der Waals surface area contributed by atoms with Crippen LogP contribution in [0.15, 0.2) is 186 Å². The van der Waals surface area contributed by atoms with Gasteiger partial charge in [0.1, 0.15) is 17.0 Å². The number of aromatic nitrogens is 2. The minimum Gasteiger partial charge on any atom is -0.455 e. The first-order valence-corrected chi connectivity index (χ1v) is 18.2. The first kappa shape index (κ1) is 28.7. The topological polar surface area (TPSA) is 31.0 Å². The Morgan fingerprint density at radius 3 is 1.91 bits per heavy atom. The molecule has 0 N–H and O–H groups in total. The highest BCUT2D eigenvalue weighted by Crippen LogP contribution is 2.65. The fourth-order valence-corrected chi connectivity index (χ4v) is 9.56. The highest BCUT2D eigenvalue weighted by molar-refractivity contribution is 6.14. The lowest BCUT2D eigenvalue weighted by atomic mass is 9.68. The maximum Gasteiger partial charge on any atom is 0.145 e. The van der Waals surface area contributed by atoms with Crippen molar-refractivity contribution in [2.45, 2.75) is 5.41 Å². The average molecular weight is 675 g/mol. The van der Waals surface area contributed by atoms with E-state index in [1.165, 1.54) is 55.6 Å². The van der Waals surface area contributed by atoms with Crippen molar-refractivity contribution in [3.8, 4) is 50.5 Å². The first-order chi connectivity index (χ1) is 26.3. The Morgan fingerprint density at radius 2 is 1.09 bits per heavy atom. The molecule has 0 bridgehead atoms. The summed E-state index contributed by atoms with van der Waals surface area (Å²) in [6.07, 6.45) is 0. The molecule has 2 aromatic heterocycles. The predicted octanol–water partition coefficient (Wildman–Crippen LogP) is 12.6. The maximum absolute atomic E-state index is 6.80. The van der Waals surface area contributed by atoms with E-state index in [0.717, 1.165) is 50.0 Å². The lowest BCUT2D eigenvalue weighted by Crippen LogP contribution is -2.26. The summed E-state index contributed by atoms with van der Waals surface area (Å²) in [5.41, 5.74) is 18.2. The van der Waals surface area contributed by atoms with Crippen LogP contribution in [-0.4, -0.2) is 9.55 Å². The number of nitrogens with zero attached hydrogens (tertiary/aromatic N) is 2. The van der Waals surface area contributed by atoms with E-state index >= 15 is 0 Å². The molecule has 3 nitrogen and oxygen atoms in total. The first-order valence-electron chi connectivity index (χ1n) is 18.2. The van der Waals surface area contributed by atoms with Crippen LogP contribution in [0.25, 0.3) is 83.4 Å². The normalized spacial score (nSPS) is 13.4. The molecule has 8 aromatic carbocycles. The van der Waals surface area contributed by atoms with Crippen molar-refractivity contribution < 1.29 is 4.42 Å². The monoisotopic (exact) mass is 674 g/mol. The molecular formula is C50H30N2O. The van der Waals surface area contributed by atoms with Crippen LogP contribution in [0.5, 0.6) is 0 Å². The van der Waals surface area contributed by atoms with Gasteiger partial charge in [-0.05, 0) is 80.4 Å². The molecular weight excluding hydrogens is 645 g/mol. The van der Waals surface area contributed by atoms with Gasteiger partial charge in [0.15, 0.2) is 0 Å². The largest absolute Gasteiger partial charge is 0.455 e. The molecule has 0 aliphatic heterocycles. The number of imidazole rings is 1. The van der Waals surface area contributed by atoms with Crippen LogP contribution < -0.4 is 0 Å². The van der Waals surface area contributed by atoms with Crippen LogP contribution in [0.2, 0.25) is 0 Å². The van der Waals surface area contributed by atoms with Crippen molar-refractivity contribution in [1.29, 1.82) is 0 Å². The molecule has 12 rings (SSSR count). The van der Waals surface area contributed by atoms with E-state index in [4.69, 9.17) is 9.40 Å². The number of benzene rings is 8. The van der Waals surface area contributed by atoms with E-state index in [2.05, 4.69) is 187 Å². The van der Waals surface area contributed by atoms with Gasteiger partial charge in [0.25, 0.3) is 0 Å². The standard InChI is InChI=1S/C50H30N2O/c1-2-13-33(14-3-1)52-44-23-10-9-22-43(44)51-49(52)32-27-25-31(26-28-32)34-18-12-19-39-46-42(30-29-38-37-17-6-11-24-45(37)53-48(38)46)50(47(34)39)40-20-7-4-15-35(40)36-16-5-8-21-41(36)50/h1-30H. The maximum atomic E-state index is 6.80. The molecule has 2 aliphatic carbocycles. The van der Waals surface area contributed by atoms with Gasteiger partial charge >= 0.3 is 0 Å². The number of hydrogen-bond donors (Lipinski definition) is 0. The Balaban J connectivity index is 1.13. The molecule has 0 unspecified atom stereocenters. The van der Waals surface area contributed by atoms with Crippen molar-refractivity contribution in [1.82, 2.24) is 9.55 Å². The average Bonchev–Trinajstić information content (AvgIpc) is 3.96. The van der Waals surface area contributed by atoms with E-state index in [-0.39, 0.29) is 0 Å². The van der Waals surface area contributed by atoms with Gasteiger partial charge < -0.3 is 4.42 Å². The molecule has 246 valence electrons. The van der Waals surface area contributed by atoms with Gasteiger partial charge in [-0.1, -0.05) is 152 Å². The van der Waals surface area contributed by atoms with Gasteiger partial charge in [-0.3, -0.25) is 4.57 Å². The third-order valence-electron chi connectivity index (χ3n) is 11.6. The summed E-state index contributed by atoms with van der Waals surface area (Å²) >= 11 is 0. The van der Waals surface area contributed by atoms with Crippen molar-refractivity contribution in [2.24, 2.45) is 0 Å². The minimum absolute atomic E-state index is 0.512. The Bertz CT molecular complexity index is 3060. The fourth-order valence-electron chi connectivity index (χ4n) is 9.56. The summed E-state index contributed by atoms with van der Waals surface area (Å²) in [6, 6.07) is 65.8. The number of fused-ring (bicyclic) bond motifs is 15. The smallest absolute Gasteiger partial charge is 0.145 e. The summed E-state index contributed by atoms with van der Waals surface area (Å²) in [5.74, 6) is 0.928. The number of hydrogen-bond acceptors (Lipinski definition) is 2. The number of furan rings is 1. The predicted molar refractivity (Wildman–Crippen MR) is 216 cm³/mol. The minimum atomic E-state index is -0.512. The zero-order valence-corrected chi connectivity index (χ0v) is 28.6. The number of para-hydroxylation sites is 4. The quantitative estimate of drug-likeness (QED) is 0.187. The molecule has 0 amide bonds. The Hall–Kier alpha value is -6.97. The SMILES string of the molecule is c1ccc(-n2c(-c3ccc(-c4cccc5c4C4(c6ccccc6-c6ccccc64)c4ccc6c(oc7ccccc76)c4-5)cc3)nc3ccccc32)cc1. The van der Waals surface area contributed by atoms with Gasteiger partial charge in [0.2, 0.25) is 0 Å². The Morgan fingerprint density at radius 1 is 0.453 bits per heavy atom. The second-order valence-corrected chi connectivity index (χ2v) is 14.2. The van der Waals surface area contributed by atoms with Crippen LogP contribution in [0.3, 0.4) is 0 Å². The van der Waals surface area contributed by atoms with Crippen molar-refractivity contribution in [3.05, 3.63) is 204 Å².